The number of hydrogen-bond donors (Lipinski definition) is 2. The number of nitrogens with one attached hydrogen (secondary N) is 2. The van der Waals surface area contributed by atoms with Crippen molar-refractivity contribution < 1.29 is 23.1 Å². The van der Waals surface area contributed by atoms with Crippen LogP contribution in [0.1, 0.15) is 5.56 Å². The molecule has 0 spiro atoms. The van der Waals surface area contributed by atoms with E-state index in [2.05, 4.69) is 16.7 Å². The number of methoxy groups -OCH3 is 1. The fraction of sp³-hybridized carbons (Fsp3) is 0.217. The van der Waals surface area contributed by atoms with Gasteiger partial charge in [-0.3, -0.25) is 14.5 Å². The van der Waals surface area contributed by atoms with Crippen LogP contribution in [0, 0.1) is 11.6 Å². The van der Waals surface area contributed by atoms with Crippen LogP contribution in [-0.4, -0.2) is 44.0 Å². The number of halogens is 2. The van der Waals surface area contributed by atoms with E-state index < -0.39 is 17.5 Å². The van der Waals surface area contributed by atoms with E-state index in [4.69, 9.17) is 4.74 Å². The lowest BCUT2D eigenvalue weighted by molar-refractivity contribution is -0.124. The lowest BCUT2D eigenvalue weighted by Gasteiger charge is -2.17. The summed E-state index contributed by atoms with van der Waals surface area (Å²) in [5, 5.41) is 7.05. The summed E-state index contributed by atoms with van der Waals surface area (Å²) in [5.74, 6) is -2.13. The van der Waals surface area contributed by atoms with Gasteiger partial charge in [-0.2, -0.15) is 0 Å². The minimum atomic E-state index is -1.06. The normalized spacial score (nSPS) is 10.9. The van der Waals surface area contributed by atoms with E-state index in [9.17, 15) is 18.4 Å². The van der Waals surface area contributed by atoms with Gasteiger partial charge in [0.2, 0.25) is 11.8 Å². The average Bonchev–Trinajstić information content (AvgIpc) is 2.74. The third-order valence-corrected chi connectivity index (χ3v) is 4.63. The van der Waals surface area contributed by atoms with Crippen molar-refractivity contribution >= 4 is 28.3 Å². The summed E-state index contributed by atoms with van der Waals surface area (Å²) in [4.78, 5) is 25.8. The minimum absolute atomic E-state index is 0.0963. The highest BCUT2D eigenvalue weighted by Gasteiger charge is 2.11. The van der Waals surface area contributed by atoms with Gasteiger partial charge < -0.3 is 15.4 Å². The SMILES string of the molecule is COc1ccc2cc(CN(C)CC(=O)NCC(=O)Nc3ccc(F)c(F)c3)ccc2c1. The Bertz CT molecular complexity index is 1100. The summed E-state index contributed by atoms with van der Waals surface area (Å²) < 4.78 is 31.3. The molecule has 0 unspecified atom stereocenters. The van der Waals surface area contributed by atoms with Crippen molar-refractivity contribution in [2.75, 3.05) is 32.6 Å². The number of anilines is 1. The first-order chi connectivity index (χ1) is 14.8. The van der Waals surface area contributed by atoms with Crippen LogP contribution in [0.4, 0.5) is 14.5 Å². The number of nitrogens with zero attached hydrogens (tertiary/aromatic N) is 1. The Hall–Kier alpha value is -3.52. The molecule has 0 aliphatic rings. The highest BCUT2D eigenvalue weighted by molar-refractivity contribution is 5.94. The third-order valence-electron chi connectivity index (χ3n) is 4.63. The molecule has 3 rings (SSSR count). The van der Waals surface area contributed by atoms with Gasteiger partial charge in [-0.05, 0) is 53.7 Å². The van der Waals surface area contributed by atoms with Gasteiger partial charge in [0.15, 0.2) is 11.6 Å². The van der Waals surface area contributed by atoms with E-state index in [0.717, 1.165) is 34.2 Å². The highest BCUT2D eigenvalue weighted by atomic mass is 19.2. The summed E-state index contributed by atoms with van der Waals surface area (Å²) >= 11 is 0. The van der Waals surface area contributed by atoms with Gasteiger partial charge in [0.25, 0.3) is 0 Å². The van der Waals surface area contributed by atoms with Crippen molar-refractivity contribution in [2.45, 2.75) is 6.54 Å². The Morgan fingerprint density at radius 1 is 0.935 bits per heavy atom. The number of benzene rings is 3. The quantitative estimate of drug-likeness (QED) is 0.579. The molecule has 2 amide bonds. The summed E-state index contributed by atoms with van der Waals surface area (Å²) in [7, 11) is 3.43. The number of likely N-dealkylation sites (N-methyl/N-ethyl adjacent to an activating group) is 1. The summed E-state index contributed by atoms with van der Waals surface area (Å²) in [6, 6.07) is 14.9. The molecule has 31 heavy (non-hydrogen) atoms. The maximum Gasteiger partial charge on any atom is 0.243 e. The van der Waals surface area contributed by atoms with Gasteiger partial charge in [-0.25, -0.2) is 8.78 Å². The molecular formula is C23H23F2N3O3. The van der Waals surface area contributed by atoms with Gasteiger partial charge in [-0.15, -0.1) is 0 Å². The fourth-order valence-corrected chi connectivity index (χ4v) is 3.13. The smallest absolute Gasteiger partial charge is 0.243 e. The van der Waals surface area contributed by atoms with E-state index >= 15 is 0 Å². The second-order valence-electron chi connectivity index (χ2n) is 7.17. The molecule has 0 bridgehead atoms. The fourth-order valence-electron chi connectivity index (χ4n) is 3.13. The van der Waals surface area contributed by atoms with Crippen LogP contribution >= 0.6 is 0 Å². The Kier molecular flexibility index (Phi) is 7.15. The predicted molar refractivity (Wildman–Crippen MR) is 115 cm³/mol. The number of rotatable bonds is 8. The molecule has 0 radical (unpaired) electrons. The summed E-state index contributed by atoms with van der Waals surface area (Å²) in [5.41, 5.74) is 1.16. The van der Waals surface area contributed by atoms with E-state index in [1.165, 1.54) is 6.07 Å². The lowest BCUT2D eigenvalue weighted by atomic mass is 10.1. The van der Waals surface area contributed by atoms with Crippen LogP contribution in [0.3, 0.4) is 0 Å². The molecule has 3 aromatic rings. The summed E-state index contributed by atoms with van der Waals surface area (Å²) in [6.07, 6.45) is 0. The number of carbonyl (C=O) groups is 2. The minimum Gasteiger partial charge on any atom is -0.497 e. The van der Waals surface area contributed by atoms with E-state index in [-0.39, 0.29) is 24.7 Å². The Morgan fingerprint density at radius 2 is 1.68 bits per heavy atom. The van der Waals surface area contributed by atoms with Crippen molar-refractivity contribution in [3.05, 3.63) is 71.8 Å². The second kappa shape index (κ2) is 9.99. The predicted octanol–water partition coefficient (Wildman–Crippen LogP) is 3.31. The van der Waals surface area contributed by atoms with Crippen molar-refractivity contribution in [3.63, 3.8) is 0 Å². The molecule has 2 N–H and O–H groups in total. The second-order valence-corrected chi connectivity index (χ2v) is 7.17. The van der Waals surface area contributed by atoms with Gasteiger partial charge in [0.1, 0.15) is 5.75 Å². The number of carbonyl (C=O) groups excluding carboxylic acids is 2. The molecule has 3 aromatic carbocycles. The van der Waals surface area contributed by atoms with Crippen LogP contribution in [0.25, 0.3) is 10.8 Å². The van der Waals surface area contributed by atoms with Crippen LogP contribution in [0.5, 0.6) is 5.75 Å². The molecule has 0 saturated carbocycles. The Morgan fingerprint density at radius 3 is 2.42 bits per heavy atom. The Labute approximate surface area is 178 Å². The molecule has 6 nitrogen and oxygen atoms in total. The molecule has 0 atom stereocenters. The molecule has 0 heterocycles. The molecule has 0 aromatic heterocycles. The summed E-state index contributed by atoms with van der Waals surface area (Å²) in [6.45, 7) is 0.374. The highest BCUT2D eigenvalue weighted by Crippen LogP contribution is 2.22. The van der Waals surface area contributed by atoms with Gasteiger partial charge in [0.05, 0.1) is 20.2 Å². The van der Waals surface area contributed by atoms with Crippen LogP contribution < -0.4 is 15.4 Å². The van der Waals surface area contributed by atoms with Gasteiger partial charge in [0, 0.05) is 18.3 Å². The lowest BCUT2D eigenvalue weighted by Crippen LogP contribution is -2.39. The Balaban J connectivity index is 1.47. The number of hydrogen-bond acceptors (Lipinski definition) is 4. The molecule has 0 aliphatic carbocycles. The van der Waals surface area contributed by atoms with Crippen molar-refractivity contribution in [1.82, 2.24) is 10.2 Å². The molecule has 0 aliphatic heterocycles. The van der Waals surface area contributed by atoms with Gasteiger partial charge in [-0.1, -0.05) is 18.2 Å². The average molecular weight is 427 g/mol. The van der Waals surface area contributed by atoms with E-state index in [0.29, 0.717) is 6.54 Å². The van der Waals surface area contributed by atoms with Gasteiger partial charge >= 0.3 is 0 Å². The zero-order valence-electron chi connectivity index (χ0n) is 17.2. The van der Waals surface area contributed by atoms with Crippen molar-refractivity contribution in [2.24, 2.45) is 0 Å². The molecule has 0 fully saturated rings. The monoisotopic (exact) mass is 427 g/mol. The van der Waals surface area contributed by atoms with Crippen LogP contribution in [0.15, 0.2) is 54.6 Å². The first-order valence-electron chi connectivity index (χ1n) is 9.61. The van der Waals surface area contributed by atoms with Crippen molar-refractivity contribution in [1.29, 1.82) is 0 Å². The topological polar surface area (TPSA) is 70.7 Å². The van der Waals surface area contributed by atoms with Crippen LogP contribution in [0.2, 0.25) is 0 Å². The number of ether oxygens (including phenoxy) is 1. The van der Waals surface area contributed by atoms with Crippen LogP contribution in [-0.2, 0) is 16.1 Å². The zero-order valence-corrected chi connectivity index (χ0v) is 17.2. The zero-order chi connectivity index (χ0) is 22.4. The first-order valence-corrected chi connectivity index (χ1v) is 9.61. The standard InChI is InChI=1S/C23H23F2N3O3/c1-28(13-15-3-4-17-10-19(31-2)7-5-16(17)9-15)14-23(30)26-12-22(29)27-18-6-8-20(24)21(25)11-18/h3-11H,12-14H2,1-2H3,(H,26,30)(H,27,29). The van der Waals surface area contributed by atoms with E-state index in [1.807, 2.05) is 35.2 Å². The van der Waals surface area contributed by atoms with Crippen molar-refractivity contribution in [3.8, 4) is 5.75 Å². The van der Waals surface area contributed by atoms with E-state index in [1.54, 1.807) is 14.2 Å². The first kappa shape index (κ1) is 22.2. The maximum atomic E-state index is 13.2. The third kappa shape index (κ3) is 6.23. The number of amides is 2. The molecule has 8 heteroatoms. The molecule has 162 valence electrons. The maximum absolute atomic E-state index is 13.2. The largest absolute Gasteiger partial charge is 0.497 e. The molecule has 0 saturated heterocycles. The number of fused-ring (bicyclic) bond motifs is 1. The molecular weight excluding hydrogens is 404 g/mol.